The van der Waals surface area contributed by atoms with E-state index in [1.54, 1.807) is 0 Å². The van der Waals surface area contributed by atoms with Crippen LogP contribution >= 0.6 is 0 Å². The lowest BCUT2D eigenvalue weighted by Gasteiger charge is -2.38. The fourth-order valence-corrected chi connectivity index (χ4v) is 5.27. The van der Waals surface area contributed by atoms with E-state index in [1.165, 1.54) is 17.5 Å². The van der Waals surface area contributed by atoms with Gasteiger partial charge in [0, 0.05) is 31.6 Å². The van der Waals surface area contributed by atoms with Crippen molar-refractivity contribution in [3.8, 4) is 5.75 Å². The lowest BCUT2D eigenvalue weighted by molar-refractivity contribution is -0.128. The van der Waals surface area contributed by atoms with Crippen molar-refractivity contribution in [3.63, 3.8) is 0 Å². The molecule has 2 aromatic rings. The lowest BCUT2D eigenvalue weighted by atomic mass is 9.83. The molecular weight excluding hydrogens is 386 g/mol. The van der Waals surface area contributed by atoms with E-state index in [9.17, 15) is 4.79 Å². The molecule has 1 saturated heterocycles. The largest absolute Gasteiger partial charge is 0.490 e. The van der Waals surface area contributed by atoms with Crippen LogP contribution in [0, 0.1) is 11.8 Å². The van der Waals surface area contributed by atoms with E-state index in [-0.39, 0.29) is 24.0 Å². The van der Waals surface area contributed by atoms with E-state index >= 15 is 0 Å². The van der Waals surface area contributed by atoms with Gasteiger partial charge in [-0.25, -0.2) is 0 Å². The van der Waals surface area contributed by atoms with Gasteiger partial charge in [0.1, 0.15) is 11.9 Å². The number of carbonyl (C=O) groups is 1. The minimum absolute atomic E-state index is 0.00799. The van der Waals surface area contributed by atoms with Gasteiger partial charge in [0.2, 0.25) is 5.91 Å². The number of carbonyl (C=O) groups excluding carboxylic acids is 1. The molecule has 0 radical (unpaired) electrons. The molecule has 5 nitrogen and oxygen atoms in total. The van der Waals surface area contributed by atoms with E-state index in [4.69, 9.17) is 4.74 Å². The molecule has 1 aliphatic carbocycles. The maximum Gasteiger partial charge on any atom is 0.223 e. The number of nitrogens with one attached hydrogen (secondary N) is 1. The summed E-state index contributed by atoms with van der Waals surface area (Å²) in [4.78, 5) is 20.0. The summed E-state index contributed by atoms with van der Waals surface area (Å²) in [6, 6.07) is 12.7. The Morgan fingerprint density at radius 1 is 1.23 bits per heavy atom. The van der Waals surface area contributed by atoms with E-state index < -0.39 is 0 Å². The molecule has 164 valence electrons. The third-order valence-electron chi connectivity index (χ3n) is 7.16. The molecule has 5 rings (SSSR count). The summed E-state index contributed by atoms with van der Waals surface area (Å²) in [5.74, 6) is 1.83. The van der Waals surface area contributed by atoms with Crippen LogP contribution in [0.4, 0.5) is 0 Å². The number of amides is 1. The Morgan fingerprint density at radius 2 is 2.13 bits per heavy atom. The number of aromatic nitrogens is 1. The van der Waals surface area contributed by atoms with Gasteiger partial charge in [0.05, 0.1) is 11.7 Å². The molecule has 31 heavy (non-hydrogen) atoms. The fourth-order valence-electron chi connectivity index (χ4n) is 5.27. The van der Waals surface area contributed by atoms with E-state index in [2.05, 4.69) is 46.4 Å². The summed E-state index contributed by atoms with van der Waals surface area (Å²) >= 11 is 0. The highest BCUT2D eigenvalue weighted by Crippen LogP contribution is 2.33. The molecule has 0 spiro atoms. The number of rotatable bonds is 6. The molecule has 1 saturated carbocycles. The molecule has 3 aliphatic rings. The van der Waals surface area contributed by atoms with Gasteiger partial charge in [-0.2, -0.15) is 0 Å². The summed E-state index contributed by atoms with van der Waals surface area (Å²) < 4.78 is 5.86. The van der Waals surface area contributed by atoms with Crippen molar-refractivity contribution in [1.82, 2.24) is 15.2 Å². The predicted molar refractivity (Wildman–Crippen MR) is 121 cm³/mol. The average molecular weight is 420 g/mol. The zero-order chi connectivity index (χ0) is 21.2. The molecular formula is C26H33N3O2. The van der Waals surface area contributed by atoms with Crippen LogP contribution in [0.2, 0.25) is 0 Å². The van der Waals surface area contributed by atoms with Gasteiger partial charge < -0.3 is 10.1 Å². The Hall–Kier alpha value is -2.40. The number of pyridine rings is 1. The van der Waals surface area contributed by atoms with Crippen molar-refractivity contribution in [2.45, 2.75) is 64.1 Å². The first kappa shape index (κ1) is 20.5. The quantitative estimate of drug-likeness (QED) is 0.760. The fraction of sp³-hybridized carbons (Fsp3) is 0.538. The van der Waals surface area contributed by atoms with E-state index in [0.717, 1.165) is 63.2 Å². The molecule has 2 aliphatic heterocycles. The van der Waals surface area contributed by atoms with Gasteiger partial charge in [0.25, 0.3) is 0 Å². The number of hydrogen-bond acceptors (Lipinski definition) is 4. The Morgan fingerprint density at radius 3 is 2.90 bits per heavy atom. The molecule has 3 heterocycles. The Labute approximate surface area is 185 Å². The topological polar surface area (TPSA) is 54.5 Å². The molecule has 1 aromatic heterocycles. The van der Waals surface area contributed by atoms with Crippen molar-refractivity contribution in [3.05, 3.63) is 59.4 Å². The maximum absolute atomic E-state index is 12.8. The number of nitrogens with zero attached hydrogens (tertiary/aromatic N) is 2. The molecule has 3 atom stereocenters. The molecule has 2 fully saturated rings. The third-order valence-corrected chi connectivity index (χ3v) is 7.16. The highest BCUT2D eigenvalue weighted by Gasteiger charge is 2.33. The van der Waals surface area contributed by atoms with Crippen molar-refractivity contribution >= 4 is 5.91 Å². The highest BCUT2D eigenvalue weighted by atomic mass is 16.5. The second-order valence-electron chi connectivity index (χ2n) is 9.58. The summed E-state index contributed by atoms with van der Waals surface area (Å²) in [7, 11) is 0. The van der Waals surface area contributed by atoms with Crippen molar-refractivity contribution in [1.29, 1.82) is 0 Å². The van der Waals surface area contributed by atoms with Crippen LogP contribution in [0.5, 0.6) is 5.75 Å². The third kappa shape index (κ3) is 4.62. The number of likely N-dealkylation sites (tertiary alicyclic amines) is 1. The zero-order valence-corrected chi connectivity index (χ0v) is 18.4. The van der Waals surface area contributed by atoms with Crippen molar-refractivity contribution in [2.75, 3.05) is 13.1 Å². The van der Waals surface area contributed by atoms with Crippen molar-refractivity contribution in [2.24, 2.45) is 11.8 Å². The summed E-state index contributed by atoms with van der Waals surface area (Å²) in [6.07, 6.45) is 8.62. The molecule has 5 heteroatoms. The van der Waals surface area contributed by atoms with E-state index in [1.807, 2.05) is 18.3 Å². The predicted octanol–water partition coefficient (Wildman–Crippen LogP) is 4.27. The van der Waals surface area contributed by atoms with Crippen LogP contribution in [0.25, 0.3) is 0 Å². The molecule has 1 aromatic carbocycles. The second-order valence-corrected chi connectivity index (χ2v) is 9.58. The Bertz CT molecular complexity index is 912. The average Bonchev–Trinajstić information content (AvgIpc) is 3.11. The maximum atomic E-state index is 12.8. The minimum Gasteiger partial charge on any atom is -0.490 e. The summed E-state index contributed by atoms with van der Waals surface area (Å²) in [5.41, 5.74) is 3.67. The van der Waals surface area contributed by atoms with E-state index in [0.29, 0.717) is 5.92 Å². The molecule has 0 bridgehead atoms. The monoisotopic (exact) mass is 419 g/mol. The highest BCUT2D eigenvalue weighted by molar-refractivity contribution is 5.79. The van der Waals surface area contributed by atoms with Crippen LogP contribution in [-0.4, -0.2) is 35.0 Å². The first-order chi connectivity index (χ1) is 15.2. The van der Waals surface area contributed by atoms with Crippen LogP contribution in [0.3, 0.4) is 0 Å². The molecule has 1 amide bonds. The van der Waals surface area contributed by atoms with Gasteiger partial charge in [0.15, 0.2) is 0 Å². The van der Waals surface area contributed by atoms with Crippen LogP contribution in [0.15, 0.2) is 42.6 Å². The Kier molecular flexibility index (Phi) is 5.95. The number of ether oxygens (including phenoxy) is 1. The molecule has 1 N–H and O–H groups in total. The molecule has 0 unspecified atom stereocenters. The van der Waals surface area contributed by atoms with Crippen molar-refractivity contribution < 1.29 is 9.53 Å². The lowest BCUT2D eigenvalue weighted by Crippen LogP contribution is -2.45. The second kappa shape index (κ2) is 8.99. The number of fused-ring (bicyclic) bond motifs is 1. The minimum atomic E-state index is -0.00799. The summed E-state index contributed by atoms with van der Waals surface area (Å²) in [6.45, 7) is 5.16. The Balaban J connectivity index is 1.29. The normalized spacial score (nSPS) is 24.7. The van der Waals surface area contributed by atoms with Gasteiger partial charge in [-0.3, -0.25) is 14.7 Å². The van der Waals surface area contributed by atoms with Gasteiger partial charge in [-0.05, 0) is 74.4 Å². The number of piperidine rings is 1. The number of hydrogen-bond donors (Lipinski definition) is 1. The van der Waals surface area contributed by atoms with Crippen LogP contribution < -0.4 is 10.1 Å². The van der Waals surface area contributed by atoms with Gasteiger partial charge in [-0.15, -0.1) is 0 Å². The van der Waals surface area contributed by atoms with Gasteiger partial charge in [-0.1, -0.05) is 24.6 Å². The van der Waals surface area contributed by atoms with Gasteiger partial charge >= 0.3 is 0 Å². The standard InChI is InChI=1S/C26H33N3O2/c1-18-14-22-15-19(10-11-24(22)31-18)16-29-13-5-8-21(17-29)25(23-9-2-3-12-27-23)28-26(30)20-6-4-7-20/h2-3,9-12,15,18,20-21,25H,4-8,13-14,16-17H2,1H3,(H,28,30)/t18-,21-,25-/m0/s1. The van der Waals surface area contributed by atoms with Crippen LogP contribution in [0.1, 0.15) is 61.9 Å². The number of benzene rings is 1. The van der Waals surface area contributed by atoms with Crippen LogP contribution in [-0.2, 0) is 17.8 Å². The summed E-state index contributed by atoms with van der Waals surface area (Å²) in [5, 5.41) is 3.38. The SMILES string of the molecule is C[C@H]1Cc2cc(CN3CCC[C@H]([C@H](NC(=O)C4CCC4)c4ccccn4)C3)ccc2O1. The first-order valence-corrected chi connectivity index (χ1v) is 11.9. The smallest absolute Gasteiger partial charge is 0.223 e. The zero-order valence-electron chi connectivity index (χ0n) is 18.4. The first-order valence-electron chi connectivity index (χ1n) is 11.9.